The summed E-state index contributed by atoms with van der Waals surface area (Å²) in [6.45, 7) is 5.92. The van der Waals surface area contributed by atoms with Crippen LogP contribution in [0.3, 0.4) is 0 Å². The monoisotopic (exact) mass is 231 g/mol. The Balaban J connectivity index is 2.63. The lowest BCUT2D eigenvalue weighted by molar-refractivity contribution is 0.581. The van der Waals surface area contributed by atoms with Gasteiger partial charge in [-0.1, -0.05) is 12.1 Å². The van der Waals surface area contributed by atoms with Gasteiger partial charge in [0.05, 0.1) is 0 Å². The molecule has 0 saturated heterocycles. The number of hydrogen-bond donors (Lipinski definition) is 2. The van der Waals surface area contributed by atoms with Crippen molar-refractivity contribution in [2.45, 2.75) is 33.0 Å². The molecule has 0 unspecified atom stereocenters. The summed E-state index contributed by atoms with van der Waals surface area (Å²) in [7, 11) is 1.98. The van der Waals surface area contributed by atoms with Crippen LogP contribution in [0, 0.1) is 0 Å². The van der Waals surface area contributed by atoms with Crippen LogP contribution in [0.25, 0.3) is 10.9 Å². The third-order valence-electron chi connectivity index (χ3n) is 3.10. The van der Waals surface area contributed by atoms with Crippen molar-refractivity contribution in [2.24, 2.45) is 5.73 Å². The van der Waals surface area contributed by atoms with E-state index >= 15 is 0 Å². The maximum absolute atomic E-state index is 5.71. The van der Waals surface area contributed by atoms with E-state index in [1.165, 1.54) is 22.2 Å². The molecule has 0 bridgehead atoms. The molecule has 2 rings (SSSR count). The van der Waals surface area contributed by atoms with E-state index in [2.05, 4.69) is 48.0 Å². The predicted octanol–water partition coefficient (Wildman–Crippen LogP) is 2.40. The lowest BCUT2D eigenvalue weighted by Crippen LogP contribution is -2.12. The molecular weight excluding hydrogens is 210 g/mol. The van der Waals surface area contributed by atoms with E-state index in [0.717, 1.165) is 6.54 Å². The van der Waals surface area contributed by atoms with Crippen LogP contribution >= 0.6 is 0 Å². The maximum Gasteiger partial charge on any atom is 0.0488 e. The first-order valence-corrected chi connectivity index (χ1v) is 6.14. The van der Waals surface area contributed by atoms with Crippen LogP contribution in [0.15, 0.2) is 24.3 Å². The van der Waals surface area contributed by atoms with Gasteiger partial charge >= 0.3 is 0 Å². The van der Waals surface area contributed by atoms with Crippen molar-refractivity contribution in [3.63, 3.8) is 0 Å². The van der Waals surface area contributed by atoms with Crippen LogP contribution in [0.4, 0.5) is 0 Å². The van der Waals surface area contributed by atoms with E-state index in [1.807, 2.05) is 7.05 Å². The van der Waals surface area contributed by atoms with Crippen LogP contribution in [0.2, 0.25) is 0 Å². The minimum Gasteiger partial charge on any atom is -0.341 e. The minimum atomic E-state index is 0.462. The summed E-state index contributed by atoms with van der Waals surface area (Å²) in [6.07, 6.45) is 0. The highest BCUT2D eigenvalue weighted by atomic mass is 15.0. The molecule has 92 valence electrons. The fourth-order valence-corrected chi connectivity index (χ4v) is 2.38. The van der Waals surface area contributed by atoms with Gasteiger partial charge in [-0.3, -0.25) is 0 Å². The first kappa shape index (κ1) is 12.1. The number of aromatic nitrogens is 1. The van der Waals surface area contributed by atoms with Crippen molar-refractivity contribution in [3.8, 4) is 0 Å². The van der Waals surface area contributed by atoms with E-state index < -0.39 is 0 Å². The molecule has 1 aromatic carbocycles. The van der Waals surface area contributed by atoms with Gasteiger partial charge in [-0.25, -0.2) is 0 Å². The summed E-state index contributed by atoms with van der Waals surface area (Å²) in [5.41, 5.74) is 9.51. The lowest BCUT2D eigenvalue weighted by Gasteiger charge is -2.14. The van der Waals surface area contributed by atoms with Gasteiger partial charge in [-0.2, -0.15) is 0 Å². The molecule has 0 aliphatic carbocycles. The van der Waals surface area contributed by atoms with Gasteiger partial charge in [0.25, 0.3) is 0 Å². The fourth-order valence-electron chi connectivity index (χ4n) is 2.38. The quantitative estimate of drug-likeness (QED) is 0.848. The van der Waals surface area contributed by atoms with Gasteiger partial charge < -0.3 is 15.6 Å². The van der Waals surface area contributed by atoms with E-state index in [1.54, 1.807) is 0 Å². The molecule has 0 aliphatic rings. The summed E-state index contributed by atoms with van der Waals surface area (Å²) in [4.78, 5) is 0. The smallest absolute Gasteiger partial charge is 0.0488 e. The van der Waals surface area contributed by atoms with E-state index in [-0.39, 0.29) is 0 Å². The second kappa shape index (κ2) is 4.90. The SMILES string of the molecule is CNCc1cc2ccc(CN)cc2n1C(C)C. The normalized spacial score (nSPS) is 11.6. The zero-order chi connectivity index (χ0) is 12.4. The molecule has 0 amide bonds. The highest BCUT2D eigenvalue weighted by molar-refractivity contribution is 5.82. The molecule has 0 radical (unpaired) electrons. The molecule has 0 saturated carbocycles. The van der Waals surface area contributed by atoms with Crippen molar-refractivity contribution in [1.82, 2.24) is 9.88 Å². The number of nitrogens with zero attached hydrogens (tertiary/aromatic N) is 1. The Hall–Kier alpha value is -1.32. The molecule has 1 aromatic heterocycles. The zero-order valence-corrected chi connectivity index (χ0v) is 10.8. The molecule has 2 aromatic rings. The maximum atomic E-state index is 5.71. The van der Waals surface area contributed by atoms with Gasteiger partial charge in [0, 0.05) is 30.3 Å². The number of nitrogens with one attached hydrogen (secondary N) is 1. The number of rotatable bonds is 4. The van der Waals surface area contributed by atoms with Gasteiger partial charge in [0.1, 0.15) is 0 Å². The Morgan fingerprint density at radius 3 is 2.65 bits per heavy atom. The lowest BCUT2D eigenvalue weighted by atomic mass is 10.1. The van der Waals surface area contributed by atoms with Crippen molar-refractivity contribution >= 4 is 10.9 Å². The van der Waals surface area contributed by atoms with Gasteiger partial charge in [-0.15, -0.1) is 0 Å². The van der Waals surface area contributed by atoms with Crippen molar-refractivity contribution in [1.29, 1.82) is 0 Å². The molecule has 3 N–H and O–H groups in total. The summed E-state index contributed by atoms with van der Waals surface area (Å²) in [5.74, 6) is 0. The number of fused-ring (bicyclic) bond motifs is 1. The van der Waals surface area contributed by atoms with Crippen molar-refractivity contribution in [2.75, 3.05) is 7.05 Å². The average molecular weight is 231 g/mol. The largest absolute Gasteiger partial charge is 0.341 e. The Kier molecular flexibility index (Phi) is 3.50. The second-order valence-corrected chi connectivity index (χ2v) is 4.73. The Labute approximate surface area is 103 Å². The zero-order valence-electron chi connectivity index (χ0n) is 10.8. The Morgan fingerprint density at radius 2 is 2.06 bits per heavy atom. The number of hydrogen-bond acceptors (Lipinski definition) is 2. The number of benzene rings is 1. The van der Waals surface area contributed by atoms with Crippen LogP contribution < -0.4 is 11.1 Å². The third kappa shape index (κ3) is 2.21. The number of nitrogens with two attached hydrogens (primary N) is 1. The van der Waals surface area contributed by atoms with Crippen LogP contribution in [0.1, 0.15) is 31.1 Å². The molecule has 3 heteroatoms. The third-order valence-corrected chi connectivity index (χ3v) is 3.10. The van der Waals surface area contributed by atoms with Crippen LogP contribution in [-0.2, 0) is 13.1 Å². The van der Waals surface area contributed by atoms with Gasteiger partial charge in [-0.05, 0) is 44.0 Å². The average Bonchev–Trinajstić information content (AvgIpc) is 2.66. The molecule has 17 heavy (non-hydrogen) atoms. The van der Waals surface area contributed by atoms with Gasteiger partial charge in [0.15, 0.2) is 0 Å². The fraction of sp³-hybridized carbons (Fsp3) is 0.429. The molecule has 0 atom stereocenters. The highest BCUT2D eigenvalue weighted by Crippen LogP contribution is 2.25. The molecule has 3 nitrogen and oxygen atoms in total. The molecule has 1 heterocycles. The van der Waals surface area contributed by atoms with E-state index in [9.17, 15) is 0 Å². The van der Waals surface area contributed by atoms with Crippen molar-refractivity contribution < 1.29 is 0 Å². The molecule has 0 fully saturated rings. The van der Waals surface area contributed by atoms with E-state index in [4.69, 9.17) is 5.73 Å². The standard InChI is InChI=1S/C14H21N3/c1-10(2)17-13(9-16-3)7-12-5-4-11(8-15)6-14(12)17/h4-7,10,16H,8-9,15H2,1-3H3. The van der Waals surface area contributed by atoms with Crippen LogP contribution in [-0.4, -0.2) is 11.6 Å². The first-order chi connectivity index (χ1) is 8.17. The highest BCUT2D eigenvalue weighted by Gasteiger charge is 2.11. The second-order valence-electron chi connectivity index (χ2n) is 4.73. The molecule has 0 aliphatic heterocycles. The summed E-state index contributed by atoms with van der Waals surface area (Å²) in [5, 5.41) is 4.52. The molecular formula is C14H21N3. The molecule has 0 spiro atoms. The van der Waals surface area contributed by atoms with Crippen molar-refractivity contribution in [3.05, 3.63) is 35.5 Å². The first-order valence-electron chi connectivity index (χ1n) is 6.14. The van der Waals surface area contributed by atoms with Gasteiger partial charge in [0.2, 0.25) is 0 Å². The summed E-state index contributed by atoms with van der Waals surface area (Å²) >= 11 is 0. The summed E-state index contributed by atoms with van der Waals surface area (Å²) < 4.78 is 2.38. The predicted molar refractivity (Wildman–Crippen MR) is 73.0 cm³/mol. The topological polar surface area (TPSA) is 43.0 Å². The van der Waals surface area contributed by atoms with Crippen LogP contribution in [0.5, 0.6) is 0 Å². The Bertz CT molecular complexity index is 511. The Morgan fingerprint density at radius 1 is 1.29 bits per heavy atom. The minimum absolute atomic E-state index is 0.462. The summed E-state index contributed by atoms with van der Waals surface area (Å²) in [6, 6.07) is 9.19. The van der Waals surface area contributed by atoms with E-state index in [0.29, 0.717) is 12.6 Å².